The van der Waals surface area contributed by atoms with E-state index < -0.39 is 0 Å². The average Bonchev–Trinajstić information content (AvgIpc) is 3.08. The zero-order valence-corrected chi connectivity index (χ0v) is 10.1. The van der Waals surface area contributed by atoms with Gasteiger partial charge in [0.25, 0.3) is 0 Å². The molecule has 0 spiro atoms. The molecule has 1 aromatic carbocycles. The highest BCUT2D eigenvalue weighted by Gasteiger charge is 2.31. The van der Waals surface area contributed by atoms with Gasteiger partial charge in [0.2, 0.25) is 0 Å². The van der Waals surface area contributed by atoms with Gasteiger partial charge in [0.05, 0.1) is 6.33 Å². The van der Waals surface area contributed by atoms with E-state index in [2.05, 4.69) is 15.3 Å². The molecule has 2 N–H and O–H groups in total. The van der Waals surface area contributed by atoms with Gasteiger partial charge in [-0.15, -0.1) is 0 Å². The van der Waals surface area contributed by atoms with Crippen LogP contribution >= 0.6 is 0 Å². The Morgan fingerprint density at radius 3 is 2.72 bits per heavy atom. The maximum absolute atomic E-state index is 12.9. The number of nitrogens with one attached hydrogen (secondary N) is 2. The Labute approximate surface area is 105 Å². The Hall–Kier alpha value is -1.68. The molecule has 1 fully saturated rings. The van der Waals surface area contributed by atoms with Crippen LogP contribution in [0.1, 0.15) is 30.1 Å². The monoisotopic (exact) mass is 245 g/mol. The van der Waals surface area contributed by atoms with Gasteiger partial charge in [-0.05, 0) is 36.5 Å². The Morgan fingerprint density at radius 1 is 1.33 bits per heavy atom. The van der Waals surface area contributed by atoms with Crippen LogP contribution in [0.2, 0.25) is 0 Å². The summed E-state index contributed by atoms with van der Waals surface area (Å²) in [5, 5.41) is 3.53. The summed E-state index contributed by atoms with van der Waals surface area (Å²) < 4.78 is 12.9. The number of benzene rings is 1. The lowest BCUT2D eigenvalue weighted by Crippen LogP contribution is -2.22. The normalized spacial score (nSPS) is 16.7. The van der Waals surface area contributed by atoms with E-state index >= 15 is 0 Å². The molecule has 0 bridgehead atoms. The predicted octanol–water partition coefficient (Wildman–Crippen LogP) is 2.79. The number of hydrogen-bond donors (Lipinski definition) is 2. The first kappa shape index (κ1) is 11.4. The minimum atomic E-state index is -0.179. The first-order valence-electron chi connectivity index (χ1n) is 6.29. The molecular formula is C14H16FN3. The molecule has 2 aromatic rings. The topological polar surface area (TPSA) is 40.7 Å². The Kier molecular flexibility index (Phi) is 3.11. The molecule has 1 aliphatic rings. The van der Waals surface area contributed by atoms with E-state index in [0.29, 0.717) is 12.0 Å². The van der Waals surface area contributed by atoms with Crippen molar-refractivity contribution in [3.63, 3.8) is 0 Å². The number of hydrogen-bond acceptors (Lipinski definition) is 2. The smallest absolute Gasteiger partial charge is 0.123 e. The maximum atomic E-state index is 12.9. The molecule has 4 heteroatoms. The molecule has 1 atom stereocenters. The van der Waals surface area contributed by atoms with E-state index in [0.717, 1.165) is 12.2 Å². The minimum Gasteiger partial charge on any atom is -0.347 e. The van der Waals surface area contributed by atoms with Gasteiger partial charge in [0.15, 0.2) is 0 Å². The van der Waals surface area contributed by atoms with Crippen LogP contribution in [0.4, 0.5) is 4.39 Å². The fourth-order valence-corrected chi connectivity index (χ4v) is 2.26. The first-order chi connectivity index (χ1) is 8.83. The first-order valence-corrected chi connectivity index (χ1v) is 6.29. The lowest BCUT2D eigenvalue weighted by molar-refractivity contribution is 0.476. The van der Waals surface area contributed by atoms with Crippen molar-refractivity contribution < 1.29 is 4.39 Å². The number of aromatic amines is 1. The number of imidazole rings is 1. The molecule has 1 aliphatic carbocycles. The highest BCUT2D eigenvalue weighted by atomic mass is 19.1. The number of H-pyrrole nitrogens is 1. The summed E-state index contributed by atoms with van der Waals surface area (Å²) in [6.07, 6.45) is 6.00. The van der Waals surface area contributed by atoms with Crippen LogP contribution in [0.25, 0.3) is 0 Å². The van der Waals surface area contributed by atoms with E-state index in [1.165, 1.54) is 30.5 Å². The Balaban J connectivity index is 1.70. The average molecular weight is 245 g/mol. The van der Waals surface area contributed by atoms with Gasteiger partial charge in [-0.25, -0.2) is 9.37 Å². The highest BCUT2D eigenvalue weighted by Crippen LogP contribution is 2.41. The van der Waals surface area contributed by atoms with E-state index in [1.54, 1.807) is 6.33 Å². The zero-order chi connectivity index (χ0) is 12.4. The standard InChI is InChI=1S/C14H16FN3/c15-12-5-3-11(4-6-12)14(10-1-2-10)17-8-13-7-16-9-18-13/h3-7,9-10,14,17H,1-2,8H2,(H,16,18). The summed E-state index contributed by atoms with van der Waals surface area (Å²) >= 11 is 0. The summed E-state index contributed by atoms with van der Waals surface area (Å²) in [6.45, 7) is 0.762. The van der Waals surface area contributed by atoms with Crippen molar-refractivity contribution in [1.82, 2.24) is 15.3 Å². The molecule has 1 unspecified atom stereocenters. The van der Waals surface area contributed by atoms with Crippen molar-refractivity contribution in [2.75, 3.05) is 0 Å². The molecule has 0 amide bonds. The van der Waals surface area contributed by atoms with Crippen molar-refractivity contribution >= 4 is 0 Å². The van der Waals surface area contributed by atoms with Crippen LogP contribution < -0.4 is 5.32 Å². The number of nitrogens with zero attached hydrogens (tertiary/aromatic N) is 1. The molecule has 1 saturated carbocycles. The zero-order valence-electron chi connectivity index (χ0n) is 10.1. The van der Waals surface area contributed by atoms with E-state index in [4.69, 9.17) is 0 Å². The van der Waals surface area contributed by atoms with Gasteiger partial charge in [-0.1, -0.05) is 12.1 Å². The van der Waals surface area contributed by atoms with Crippen LogP contribution in [0.3, 0.4) is 0 Å². The molecule has 0 saturated heterocycles. The molecule has 1 aromatic heterocycles. The third kappa shape index (κ3) is 2.59. The van der Waals surface area contributed by atoms with Gasteiger partial charge in [0, 0.05) is 24.5 Å². The van der Waals surface area contributed by atoms with Gasteiger partial charge >= 0.3 is 0 Å². The molecule has 94 valence electrons. The summed E-state index contributed by atoms with van der Waals surface area (Å²) in [5.74, 6) is 0.500. The largest absolute Gasteiger partial charge is 0.347 e. The molecule has 0 radical (unpaired) electrons. The molecule has 3 rings (SSSR count). The molecule has 1 heterocycles. The maximum Gasteiger partial charge on any atom is 0.123 e. The molecular weight excluding hydrogens is 229 g/mol. The second kappa shape index (κ2) is 4.90. The predicted molar refractivity (Wildman–Crippen MR) is 67.3 cm³/mol. The van der Waals surface area contributed by atoms with Crippen molar-refractivity contribution in [3.05, 3.63) is 53.9 Å². The number of aromatic nitrogens is 2. The van der Waals surface area contributed by atoms with E-state index in [1.807, 2.05) is 18.3 Å². The molecule has 0 aliphatic heterocycles. The molecule has 18 heavy (non-hydrogen) atoms. The summed E-state index contributed by atoms with van der Waals surface area (Å²) in [4.78, 5) is 7.08. The Morgan fingerprint density at radius 2 is 2.11 bits per heavy atom. The van der Waals surface area contributed by atoms with Crippen molar-refractivity contribution in [2.24, 2.45) is 5.92 Å². The Bertz CT molecular complexity index is 488. The summed E-state index contributed by atoms with van der Waals surface area (Å²) in [5.41, 5.74) is 2.24. The van der Waals surface area contributed by atoms with Crippen LogP contribution in [-0.2, 0) is 6.54 Å². The van der Waals surface area contributed by atoms with Crippen LogP contribution in [0.15, 0.2) is 36.8 Å². The second-order valence-corrected chi connectivity index (χ2v) is 4.82. The molecule has 3 nitrogen and oxygen atoms in total. The SMILES string of the molecule is Fc1ccc(C(NCc2cnc[nH]2)C2CC2)cc1. The van der Waals surface area contributed by atoms with Gasteiger partial charge in [0.1, 0.15) is 5.82 Å². The van der Waals surface area contributed by atoms with Crippen LogP contribution in [0, 0.1) is 11.7 Å². The lowest BCUT2D eigenvalue weighted by Gasteiger charge is -2.18. The van der Waals surface area contributed by atoms with Crippen molar-refractivity contribution in [3.8, 4) is 0 Å². The quantitative estimate of drug-likeness (QED) is 0.850. The minimum absolute atomic E-state index is 0.179. The fourth-order valence-electron chi connectivity index (χ4n) is 2.26. The van der Waals surface area contributed by atoms with Gasteiger partial charge < -0.3 is 10.3 Å². The lowest BCUT2D eigenvalue weighted by atomic mass is 10.0. The summed E-state index contributed by atoms with van der Waals surface area (Å²) in [7, 11) is 0. The van der Waals surface area contributed by atoms with Crippen molar-refractivity contribution in [1.29, 1.82) is 0 Å². The fraction of sp³-hybridized carbons (Fsp3) is 0.357. The van der Waals surface area contributed by atoms with E-state index in [-0.39, 0.29) is 5.82 Å². The summed E-state index contributed by atoms with van der Waals surface area (Å²) in [6, 6.07) is 7.12. The number of rotatable bonds is 5. The second-order valence-electron chi connectivity index (χ2n) is 4.82. The number of halogens is 1. The third-order valence-electron chi connectivity index (χ3n) is 3.39. The van der Waals surface area contributed by atoms with Gasteiger partial charge in [-0.2, -0.15) is 0 Å². The van der Waals surface area contributed by atoms with Gasteiger partial charge in [-0.3, -0.25) is 0 Å². The highest BCUT2D eigenvalue weighted by molar-refractivity contribution is 5.22. The van der Waals surface area contributed by atoms with E-state index in [9.17, 15) is 4.39 Å². The van der Waals surface area contributed by atoms with Crippen LogP contribution in [0.5, 0.6) is 0 Å². The van der Waals surface area contributed by atoms with Crippen molar-refractivity contribution in [2.45, 2.75) is 25.4 Å². The third-order valence-corrected chi connectivity index (χ3v) is 3.39. The van der Waals surface area contributed by atoms with Crippen LogP contribution in [-0.4, -0.2) is 9.97 Å².